The van der Waals surface area contributed by atoms with Crippen LogP contribution in [0.3, 0.4) is 0 Å². The topological polar surface area (TPSA) is 74.7 Å². The van der Waals surface area contributed by atoms with Crippen LogP contribution in [0.1, 0.15) is 5.56 Å². The summed E-state index contributed by atoms with van der Waals surface area (Å²) in [6, 6.07) is 36.3. The number of para-hydroxylation sites is 1. The first kappa shape index (κ1) is 22.5. The quantitative estimate of drug-likeness (QED) is 0.271. The van der Waals surface area contributed by atoms with Crippen LogP contribution in [0.25, 0.3) is 50.4 Å². The van der Waals surface area contributed by atoms with Crippen molar-refractivity contribution in [3.05, 3.63) is 120 Å². The Morgan fingerprint density at radius 1 is 0.703 bits per heavy atom. The number of benzene rings is 4. The standard InChI is InChI=1S/C31H19ClN4O/c32-23-15-11-22(12-16-23)29-26(19-33)27(20-13-17-25(37)18-14-20)28-30(21-7-3-1-4-8-21)35-36(31(28)34-29)24-9-5-2-6-10-24/h1-18,37H. The molecule has 0 saturated carbocycles. The number of phenolic OH excluding ortho intramolecular Hbond substituents is 1. The Hall–Kier alpha value is -4.92. The Kier molecular flexibility index (Phi) is 5.65. The molecule has 176 valence electrons. The van der Waals surface area contributed by atoms with Gasteiger partial charge in [-0.2, -0.15) is 10.4 Å². The molecular formula is C31H19ClN4O. The summed E-state index contributed by atoms with van der Waals surface area (Å²) in [6.45, 7) is 0. The van der Waals surface area contributed by atoms with Gasteiger partial charge in [-0.25, -0.2) is 9.67 Å². The third kappa shape index (κ3) is 4.00. The maximum atomic E-state index is 10.5. The molecule has 0 saturated heterocycles. The van der Waals surface area contributed by atoms with E-state index in [1.54, 1.807) is 24.3 Å². The summed E-state index contributed by atoms with van der Waals surface area (Å²) < 4.78 is 1.82. The SMILES string of the molecule is N#Cc1c(-c2ccc(Cl)cc2)nc2c(c(-c3ccccc3)nn2-c2ccccc2)c1-c1ccc(O)cc1. The van der Waals surface area contributed by atoms with Crippen molar-refractivity contribution in [2.45, 2.75) is 0 Å². The predicted octanol–water partition coefficient (Wildman–Crippen LogP) is 7.65. The highest BCUT2D eigenvalue weighted by Gasteiger charge is 2.25. The first-order valence-corrected chi connectivity index (χ1v) is 12.0. The van der Waals surface area contributed by atoms with Gasteiger partial charge in [-0.15, -0.1) is 0 Å². The van der Waals surface area contributed by atoms with Crippen molar-refractivity contribution < 1.29 is 5.11 Å². The molecule has 1 N–H and O–H groups in total. The molecule has 0 unspecified atom stereocenters. The number of fused-ring (bicyclic) bond motifs is 1. The molecule has 0 aliphatic carbocycles. The number of nitrogens with zero attached hydrogens (tertiary/aromatic N) is 4. The molecule has 0 radical (unpaired) electrons. The minimum Gasteiger partial charge on any atom is -0.508 e. The first-order valence-electron chi connectivity index (χ1n) is 11.7. The van der Waals surface area contributed by atoms with Crippen molar-refractivity contribution in [1.29, 1.82) is 5.26 Å². The number of aromatic nitrogens is 3. The molecule has 6 rings (SSSR count). The molecule has 2 aromatic heterocycles. The number of pyridine rings is 1. The second-order valence-electron chi connectivity index (χ2n) is 8.54. The molecule has 0 aliphatic rings. The van der Waals surface area contributed by atoms with Gasteiger partial charge in [0.15, 0.2) is 5.65 Å². The van der Waals surface area contributed by atoms with E-state index in [0.29, 0.717) is 33.2 Å². The first-order chi connectivity index (χ1) is 18.1. The van der Waals surface area contributed by atoms with Crippen molar-refractivity contribution in [3.63, 3.8) is 0 Å². The molecule has 0 amide bonds. The van der Waals surface area contributed by atoms with Gasteiger partial charge in [0.25, 0.3) is 0 Å². The number of rotatable bonds is 4. The van der Waals surface area contributed by atoms with Gasteiger partial charge < -0.3 is 5.11 Å². The van der Waals surface area contributed by atoms with Gasteiger partial charge in [0.2, 0.25) is 0 Å². The summed E-state index contributed by atoms with van der Waals surface area (Å²) in [5, 5.41) is 26.9. The monoisotopic (exact) mass is 498 g/mol. The zero-order chi connectivity index (χ0) is 25.4. The smallest absolute Gasteiger partial charge is 0.164 e. The molecule has 5 nitrogen and oxygen atoms in total. The summed E-state index contributed by atoms with van der Waals surface area (Å²) >= 11 is 6.16. The summed E-state index contributed by atoms with van der Waals surface area (Å²) in [6.07, 6.45) is 0. The van der Waals surface area contributed by atoms with Gasteiger partial charge >= 0.3 is 0 Å². The summed E-state index contributed by atoms with van der Waals surface area (Å²) in [5.74, 6) is 0.147. The lowest BCUT2D eigenvalue weighted by Crippen LogP contribution is -2.01. The fraction of sp³-hybridized carbons (Fsp3) is 0. The highest BCUT2D eigenvalue weighted by Crippen LogP contribution is 2.42. The van der Waals surface area contributed by atoms with E-state index >= 15 is 0 Å². The lowest BCUT2D eigenvalue weighted by Gasteiger charge is -2.13. The molecule has 0 atom stereocenters. The molecule has 6 heteroatoms. The third-order valence-electron chi connectivity index (χ3n) is 6.25. The van der Waals surface area contributed by atoms with Crippen LogP contribution in [0.4, 0.5) is 0 Å². The predicted molar refractivity (Wildman–Crippen MR) is 147 cm³/mol. The second kappa shape index (κ2) is 9.27. The number of nitriles is 1. The van der Waals surface area contributed by atoms with E-state index in [9.17, 15) is 10.4 Å². The van der Waals surface area contributed by atoms with E-state index in [-0.39, 0.29) is 5.75 Å². The average Bonchev–Trinajstić information content (AvgIpc) is 3.33. The normalized spacial score (nSPS) is 10.9. The van der Waals surface area contributed by atoms with E-state index < -0.39 is 0 Å². The molecule has 6 aromatic rings. The molecule has 0 fully saturated rings. The van der Waals surface area contributed by atoms with Gasteiger partial charge in [0.1, 0.15) is 17.5 Å². The van der Waals surface area contributed by atoms with Crippen LogP contribution in [0.2, 0.25) is 5.02 Å². The Labute approximate surface area is 218 Å². The van der Waals surface area contributed by atoms with Crippen molar-refractivity contribution in [3.8, 4) is 51.1 Å². The van der Waals surface area contributed by atoms with Gasteiger partial charge in [0, 0.05) is 21.7 Å². The Morgan fingerprint density at radius 2 is 1.30 bits per heavy atom. The van der Waals surface area contributed by atoms with Crippen LogP contribution in [0, 0.1) is 11.3 Å². The van der Waals surface area contributed by atoms with Crippen molar-refractivity contribution >= 4 is 22.6 Å². The van der Waals surface area contributed by atoms with Crippen LogP contribution in [-0.2, 0) is 0 Å². The largest absolute Gasteiger partial charge is 0.508 e. The number of phenols is 1. The Bertz CT molecular complexity index is 1770. The molecular weight excluding hydrogens is 480 g/mol. The van der Waals surface area contributed by atoms with Crippen LogP contribution in [0.5, 0.6) is 5.75 Å². The van der Waals surface area contributed by atoms with E-state index in [2.05, 4.69) is 6.07 Å². The lowest BCUT2D eigenvalue weighted by molar-refractivity contribution is 0.475. The van der Waals surface area contributed by atoms with E-state index in [4.69, 9.17) is 21.7 Å². The molecule has 0 bridgehead atoms. The minimum atomic E-state index is 0.147. The fourth-order valence-corrected chi connectivity index (χ4v) is 4.66. The average molecular weight is 499 g/mol. The molecule has 4 aromatic carbocycles. The zero-order valence-electron chi connectivity index (χ0n) is 19.5. The zero-order valence-corrected chi connectivity index (χ0v) is 20.3. The van der Waals surface area contributed by atoms with Gasteiger partial charge in [-0.3, -0.25) is 0 Å². The molecule has 37 heavy (non-hydrogen) atoms. The Balaban J connectivity index is 1.81. The minimum absolute atomic E-state index is 0.147. The second-order valence-corrected chi connectivity index (χ2v) is 8.97. The van der Waals surface area contributed by atoms with E-state index in [0.717, 1.165) is 27.8 Å². The molecule has 2 heterocycles. The van der Waals surface area contributed by atoms with Gasteiger partial charge in [-0.1, -0.05) is 84.4 Å². The van der Waals surface area contributed by atoms with Gasteiger partial charge in [0.05, 0.1) is 22.3 Å². The Morgan fingerprint density at radius 3 is 1.95 bits per heavy atom. The van der Waals surface area contributed by atoms with Crippen molar-refractivity contribution in [1.82, 2.24) is 14.8 Å². The third-order valence-corrected chi connectivity index (χ3v) is 6.50. The highest BCUT2D eigenvalue weighted by atomic mass is 35.5. The van der Waals surface area contributed by atoms with Gasteiger partial charge in [-0.05, 0) is 42.0 Å². The molecule has 0 aliphatic heterocycles. The fourth-order valence-electron chi connectivity index (χ4n) is 4.54. The van der Waals surface area contributed by atoms with Crippen LogP contribution < -0.4 is 0 Å². The molecule has 0 spiro atoms. The van der Waals surface area contributed by atoms with E-state index in [1.165, 1.54) is 0 Å². The maximum absolute atomic E-state index is 10.5. The summed E-state index contributed by atoms with van der Waals surface area (Å²) in [7, 11) is 0. The van der Waals surface area contributed by atoms with Crippen molar-refractivity contribution in [2.24, 2.45) is 0 Å². The van der Waals surface area contributed by atoms with Crippen LogP contribution in [0.15, 0.2) is 109 Å². The summed E-state index contributed by atoms with van der Waals surface area (Å²) in [4.78, 5) is 5.06. The van der Waals surface area contributed by atoms with Crippen molar-refractivity contribution in [2.75, 3.05) is 0 Å². The van der Waals surface area contributed by atoms with Crippen LogP contribution >= 0.6 is 11.6 Å². The highest BCUT2D eigenvalue weighted by molar-refractivity contribution is 6.30. The number of hydrogen-bond donors (Lipinski definition) is 1. The number of halogens is 1. The lowest BCUT2D eigenvalue weighted by atomic mass is 9.92. The van der Waals surface area contributed by atoms with E-state index in [1.807, 2.05) is 89.6 Å². The number of aromatic hydroxyl groups is 1. The number of hydrogen-bond acceptors (Lipinski definition) is 4. The summed E-state index contributed by atoms with van der Waals surface area (Å²) in [5.41, 5.74) is 6.31. The maximum Gasteiger partial charge on any atom is 0.164 e. The van der Waals surface area contributed by atoms with Crippen LogP contribution in [-0.4, -0.2) is 19.9 Å².